The van der Waals surface area contributed by atoms with Gasteiger partial charge in [-0.25, -0.2) is 0 Å². The molecule has 154 valence electrons. The molecule has 0 radical (unpaired) electrons. The minimum Gasteiger partial charge on any atom is -0.352 e. The molecule has 9 heteroatoms. The quantitative estimate of drug-likeness (QED) is 0.843. The van der Waals surface area contributed by atoms with E-state index in [0.717, 1.165) is 25.0 Å². The van der Waals surface area contributed by atoms with Gasteiger partial charge in [0.25, 0.3) is 11.8 Å². The second-order valence-corrected chi connectivity index (χ2v) is 7.67. The molecule has 4 rings (SSSR count). The molecule has 2 aliphatic rings. The number of anilines is 1. The van der Waals surface area contributed by atoms with E-state index in [1.54, 1.807) is 0 Å². The van der Waals surface area contributed by atoms with Crippen molar-refractivity contribution < 1.29 is 22.8 Å². The van der Waals surface area contributed by atoms with Crippen LogP contribution in [0.5, 0.6) is 0 Å². The van der Waals surface area contributed by atoms with Crippen LogP contribution in [0.25, 0.3) is 0 Å². The second-order valence-electron chi connectivity index (χ2n) is 7.67. The lowest BCUT2D eigenvalue weighted by molar-refractivity contribution is -0.137. The van der Waals surface area contributed by atoms with E-state index in [1.165, 1.54) is 34.3 Å². The molecule has 1 saturated carbocycles. The Morgan fingerprint density at radius 2 is 1.93 bits per heavy atom. The van der Waals surface area contributed by atoms with Gasteiger partial charge in [-0.05, 0) is 49.9 Å². The van der Waals surface area contributed by atoms with Gasteiger partial charge in [-0.1, -0.05) is 6.42 Å². The Morgan fingerprint density at radius 1 is 1.24 bits per heavy atom. The van der Waals surface area contributed by atoms with Crippen molar-refractivity contribution in [2.75, 3.05) is 18.0 Å². The number of carbonyl (C=O) groups excluding carboxylic acids is 2. The predicted molar refractivity (Wildman–Crippen MR) is 99.7 cm³/mol. The highest BCUT2D eigenvalue weighted by atomic mass is 19.4. The average molecular weight is 406 g/mol. The molecule has 2 amide bonds. The highest BCUT2D eigenvalue weighted by molar-refractivity contribution is 6.12. The first-order chi connectivity index (χ1) is 13.8. The van der Waals surface area contributed by atoms with Crippen molar-refractivity contribution in [3.05, 3.63) is 47.3 Å². The largest absolute Gasteiger partial charge is 0.416 e. The number of rotatable bonds is 4. The maximum absolute atomic E-state index is 13.1. The third kappa shape index (κ3) is 3.61. The standard InChI is InChI=1S/C20H21F3N4O2/c1-12-11-26(15-7-5-14(6-8-15)20(21,22)23)19(29)17-16(10-25-27(12)17)18(28)24-9-13-3-2-4-13/h5-8,10,12-13H,2-4,9,11H2,1H3,(H,24,28)/t12-/m0/s1. The van der Waals surface area contributed by atoms with Gasteiger partial charge < -0.3 is 10.2 Å². The van der Waals surface area contributed by atoms with Gasteiger partial charge in [0.05, 0.1) is 23.4 Å². The van der Waals surface area contributed by atoms with E-state index in [1.807, 2.05) is 6.92 Å². The van der Waals surface area contributed by atoms with Gasteiger partial charge in [0.1, 0.15) is 5.69 Å². The summed E-state index contributed by atoms with van der Waals surface area (Å²) in [5.41, 5.74) is -0.0736. The monoisotopic (exact) mass is 406 g/mol. The van der Waals surface area contributed by atoms with Crippen LogP contribution in [0.2, 0.25) is 0 Å². The van der Waals surface area contributed by atoms with Gasteiger partial charge in [0.15, 0.2) is 0 Å². The minimum absolute atomic E-state index is 0.162. The van der Waals surface area contributed by atoms with Crippen LogP contribution in [0.1, 0.15) is 58.6 Å². The Bertz CT molecular complexity index is 932. The molecule has 1 aliphatic carbocycles. The van der Waals surface area contributed by atoms with Crippen LogP contribution in [0.3, 0.4) is 0 Å². The topological polar surface area (TPSA) is 67.2 Å². The van der Waals surface area contributed by atoms with Crippen LogP contribution >= 0.6 is 0 Å². The van der Waals surface area contributed by atoms with E-state index in [2.05, 4.69) is 10.4 Å². The SMILES string of the molecule is C[C@H]1CN(c2ccc(C(F)(F)F)cc2)C(=O)c2c(C(=O)NCC3CCC3)cnn21. The van der Waals surface area contributed by atoms with Crippen molar-refractivity contribution in [3.63, 3.8) is 0 Å². The van der Waals surface area contributed by atoms with Crippen molar-refractivity contribution >= 4 is 17.5 Å². The van der Waals surface area contributed by atoms with Crippen LogP contribution in [-0.4, -0.2) is 34.7 Å². The highest BCUT2D eigenvalue weighted by Gasteiger charge is 2.36. The number of alkyl halides is 3. The first kappa shape index (κ1) is 19.5. The van der Waals surface area contributed by atoms with Gasteiger partial charge in [-0.15, -0.1) is 0 Å². The molecule has 2 aromatic rings. The summed E-state index contributed by atoms with van der Waals surface area (Å²) in [4.78, 5) is 27.1. The number of carbonyl (C=O) groups is 2. The Morgan fingerprint density at radius 3 is 2.52 bits per heavy atom. The Hall–Kier alpha value is -2.84. The van der Waals surface area contributed by atoms with Gasteiger partial charge in [-0.3, -0.25) is 14.3 Å². The first-order valence-electron chi connectivity index (χ1n) is 9.60. The Balaban J connectivity index is 1.58. The lowest BCUT2D eigenvalue weighted by atomic mass is 9.85. The highest BCUT2D eigenvalue weighted by Crippen LogP contribution is 2.33. The van der Waals surface area contributed by atoms with Crippen LogP contribution in [-0.2, 0) is 6.18 Å². The number of hydrogen-bond acceptors (Lipinski definition) is 3. The van der Waals surface area contributed by atoms with Crippen LogP contribution in [0.4, 0.5) is 18.9 Å². The Labute approximate surface area is 165 Å². The molecule has 1 N–H and O–H groups in total. The number of nitrogens with zero attached hydrogens (tertiary/aromatic N) is 3. The smallest absolute Gasteiger partial charge is 0.352 e. The molecule has 0 spiro atoms. The number of halogens is 3. The van der Waals surface area contributed by atoms with E-state index in [-0.39, 0.29) is 29.8 Å². The molecule has 1 aromatic carbocycles. The Kier molecular flexibility index (Phi) is 4.84. The molecule has 0 saturated heterocycles. The zero-order chi connectivity index (χ0) is 20.8. The second kappa shape index (κ2) is 7.20. The minimum atomic E-state index is -4.44. The summed E-state index contributed by atoms with van der Waals surface area (Å²) < 4.78 is 40.0. The normalized spacial score (nSPS) is 19.7. The van der Waals surface area contributed by atoms with Gasteiger partial charge in [-0.2, -0.15) is 18.3 Å². The molecule has 2 heterocycles. The third-order valence-corrected chi connectivity index (χ3v) is 5.63. The summed E-state index contributed by atoms with van der Waals surface area (Å²) >= 11 is 0. The summed E-state index contributed by atoms with van der Waals surface area (Å²) in [7, 11) is 0. The van der Waals surface area contributed by atoms with Crippen molar-refractivity contribution in [2.45, 2.75) is 38.4 Å². The van der Waals surface area contributed by atoms with Crippen molar-refractivity contribution in [1.82, 2.24) is 15.1 Å². The number of hydrogen-bond donors (Lipinski definition) is 1. The summed E-state index contributed by atoms with van der Waals surface area (Å²) in [5.74, 6) is -0.328. The molecule has 0 bridgehead atoms. The fraction of sp³-hybridized carbons (Fsp3) is 0.450. The molecule has 1 fully saturated rings. The molecule has 1 aromatic heterocycles. The third-order valence-electron chi connectivity index (χ3n) is 5.63. The first-order valence-corrected chi connectivity index (χ1v) is 9.60. The zero-order valence-corrected chi connectivity index (χ0v) is 15.9. The molecular formula is C20H21F3N4O2. The molecule has 1 aliphatic heterocycles. The number of aromatic nitrogens is 2. The fourth-order valence-corrected chi connectivity index (χ4v) is 3.71. The van der Waals surface area contributed by atoms with E-state index < -0.39 is 17.6 Å². The average Bonchev–Trinajstić information content (AvgIpc) is 3.09. The van der Waals surface area contributed by atoms with Crippen molar-refractivity contribution in [1.29, 1.82) is 0 Å². The summed E-state index contributed by atoms with van der Waals surface area (Å²) in [5, 5.41) is 7.07. The van der Waals surface area contributed by atoms with Gasteiger partial charge in [0.2, 0.25) is 0 Å². The number of benzene rings is 1. The van der Waals surface area contributed by atoms with Crippen molar-refractivity contribution in [2.24, 2.45) is 5.92 Å². The number of nitrogens with one attached hydrogen (secondary N) is 1. The summed E-state index contributed by atoms with van der Waals surface area (Å²) in [6, 6.07) is 4.22. The number of amides is 2. The van der Waals surface area contributed by atoms with E-state index in [9.17, 15) is 22.8 Å². The lowest BCUT2D eigenvalue weighted by Gasteiger charge is -2.32. The van der Waals surface area contributed by atoms with Crippen LogP contribution < -0.4 is 10.2 Å². The molecule has 1 atom stereocenters. The number of fused-ring (bicyclic) bond motifs is 1. The lowest BCUT2D eigenvalue weighted by Crippen LogP contribution is -2.44. The maximum Gasteiger partial charge on any atom is 0.416 e. The maximum atomic E-state index is 13.1. The molecule has 29 heavy (non-hydrogen) atoms. The van der Waals surface area contributed by atoms with E-state index >= 15 is 0 Å². The van der Waals surface area contributed by atoms with Crippen LogP contribution in [0.15, 0.2) is 30.5 Å². The molecule has 6 nitrogen and oxygen atoms in total. The van der Waals surface area contributed by atoms with Gasteiger partial charge >= 0.3 is 6.18 Å². The molecular weight excluding hydrogens is 385 g/mol. The summed E-state index contributed by atoms with van der Waals surface area (Å²) in [6.45, 7) is 2.66. The molecule has 0 unspecified atom stereocenters. The summed E-state index contributed by atoms with van der Waals surface area (Å²) in [6.07, 6.45) is 0.286. The van der Waals surface area contributed by atoms with Gasteiger partial charge in [0, 0.05) is 18.8 Å². The van der Waals surface area contributed by atoms with Crippen LogP contribution in [0, 0.1) is 5.92 Å². The fourth-order valence-electron chi connectivity index (χ4n) is 3.71. The predicted octanol–water partition coefficient (Wildman–Crippen LogP) is 3.65. The zero-order valence-electron chi connectivity index (χ0n) is 15.9. The van der Waals surface area contributed by atoms with E-state index in [0.29, 0.717) is 18.2 Å². The van der Waals surface area contributed by atoms with Crippen molar-refractivity contribution in [3.8, 4) is 0 Å². The van der Waals surface area contributed by atoms with E-state index in [4.69, 9.17) is 0 Å².